The minimum absolute atomic E-state index is 0.0294. The Bertz CT molecular complexity index is 219. The SMILES string of the molecule is CC(=O)NC(COC(C)(C)C)C(=O)O. The van der Waals surface area contributed by atoms with Crippen molar-refractivity contribution >= 4 is 11.9 Å². The van der Waals surface area contributed by atoms with Gasteiger partial charge in [-0.15, -0.1) is 0 Å². The summed E-state index contributed by atoms with van der Waals surface area (Å²) in [4.78, 5) is 21.3. The van der Waals surface area contributed by atoms with Crippen molar-refractivity contribution in [2.24, 2.45) is 0 Å². The lowest BCUT2D eigenvalue weighted by Crippen LogP contribution is -2.44. The number of carbonyl (C=O) groups is 2. The highest BCUT2D eigenvalue weighted by molar-refractivity contribution is 5.82. The predicted molar refractivity (Wildman–Crippen MR) is 50.9 cm³/mol. The minimum atomic E-state index is -1.09. The van der Waals surface area contributed by atoms with Crippen molar-refractivity contribution in [1.29, 1.82) is 0 Å². The van der Waals surface area contributed by atoms with Crippen LogP contribution in [-0.4, -0.2) is 35.2 Å². The van der Waals surface area contributed by atoms with Crippen LogP contribution in [0, 0.1) is 0 Å². The van der Waals surface area contributed by atoms with Crippen LogP contribution >= 0.6 is 0 Å². The molecular weight excluding hydrogens is 186 g/mol. The normalized spacial score (nSPS) is 13.4. The van der Waals surface area contributed by atoms with E-state index < -0.39 is 17.6 Å². The lowest BCUT2D eigenvalue weighted by molar-refractivity contribution is -0.145. The molecule has 5 nitrogen and oxygen atoms in total. The molecule has 0 bridgehead atoms. The van der Waals surface area contributed by atoms with Crippen molar-refractivity contribution < 1.29 is 19.4 Å². The second kappa shape index (κ2) is 4.95. The van der Waals surface area contributed by atoms with Gasteiger partial charge in [-0.2, -0.15) is 0 Å². The molecule has 5 heteroatoms. The van der Waals surface area contributed by atoms with E-state index in [-0.39, 0.29) is 12.5 Å². The Hall–Kier alpha value is -1.10. The van der Waals surface area contributed by atoms with Gasteiger partial charge in [0.15, 0.2) is 6.04 Å². The van der Waals surface area contributed by atoms with E-state index in [0.29, 0.717) is 0 Å². The van der Waals surface area contributed by atoms with Crippen molar-refractivity contribution in [3.63, 3.8) is 0 Å². The molecule has 0 fully saturated rings. The molecule has 0 rings (SSSR count). The third-order valence-corrected chi connectivity index (χ3v) is 1.36. The van der Waals surface area contributed by atoms with Gasteiger partial charge in [0.1, 0.15) is 0 Å². The Kier molecular flexibility index (Phi) is 4.56. The summed E-state index contributed by atoms with van der Waals surface area (Å²) in [6.45, 7) is 6.70. The third-order valence-electron chi connectivity index (χ3n) is 1.36. The van der Waals surface area contributed by atoms with Gasteiger partial charge in [0.05, 0.1) is 12.2 Å². The van der Waals surface area contributed by atoms with Crippen LogP contribution in [0.2, 0.25) is 0 Å². The Morgan fingerprint density at radius 3 is 2.21 bits per heavy atom. The zero-order chi connectivity index (χ0) is 11.4. The number of carboxylic acid groups (broad SMARTS) is 1. The molecule has 0 radical (unpaired) electrons. The molecule has 1 atom stereocenters. The molecule has 0 spiro atoms. The van der Waals surface area contributed by atoms with Gasteiger partial charge in [-0.25, -0.2) is 4.79 Å². The van der Waals surface area contributed by atoms with Crippen LogP contribution in [0.15, 0.2) is 0 Å². The summed E-state index contributed by atoms with van der Waals surface area (Å²) in [5.41, 5.74) is -0.411. The van der Waals surface area contributed by atoms with E-state index in [1.54, 1.807) is 0 Å². The molecule has 0 heterocycles. The topological polar surface area (TPSA) is 75.6 Å². The molecule has 82 valence electrons. The first kappa shape index (κ1) is 12.9. The minimum Gasteiger partial charge on any atom is -0.480 e. The molecule has 2 N–H and O–H groups in total. The van der Waals surface area contributed by atoms with Crippen molar-refractivity contribution in [1.82, 2.24) is 5.32 Å². The fourth-order valence-corrected chi connectivity index (χ4v) is 0.753. The number of carboxylic acids is 1. The average molecular weight is 203 g/mol. The smallest absolute Gasteiger partial charge is 0.328 e. The van der Waals surface area contributed by atoms with Crippen molar-refractivity contribution in [2.45, 2.75) is 39.3 Å². The van der Waals surface area contributed by atoms with Gasteiger partial charge in [0, 0.05) is 6.92 Å². The van der Waals surface area contributed by atoms with E-state index in [9.17, 15) is 9.59 Å². The molecule has 0 aliphatic rings. The largest absolute Gasteiger partial charge is 0.480 e. The van der Waals surface area contributed by atoms with E-state index in [1.165, 1.54) is 6.92 Å². The third kappa shape index (κ3) is 6.42. The maximum Gasteiger partial charge on any atom is 0.328 e. The van der Waals surface area contributed by atoms with Crippen molar-refractivity contribution in [3.8, 4) is 0 Å². The highest BCUT2D eigenvalue weighted by atomic mass is 16.5. The van der Waals surface area contributed by atoms with E-state index >= 15 is 0 Å². The maximum atomic E-state index is 10.7. The van der Waals surface area contributed by atoms with Crippen LogP contribution in [0.25, 0.3) is 0 Å². The fraction of sp³-hybridized carbons (Fsp3) is 0.778. The van der Waals surface area contributed by atoms with Gasteiger partial charge in [-0.1, -0.05) is 0 Å². The predicted octanol–water partition coefficient (Wildman–Crippen LogP) is 0.391. The van der Waals surface area contributed by atoms with Crippen molar-refractivity contribution in [2.75, 3.05) is 6.61 Å². The zero-order valence-corrected chi connectivity index (χ0v) is 8.96. The first-order valence-electron chi connectivity index (χ1n) is 4.36. The van der Waals surface area contributed by atoms with Crippen LogP contribution < -0.4 is 5.32 Å². The summed E-state index contributed by atoms with van der Waals surface area (Å²) in [5.74, 6) is -1.47. The molecular formula is C9H17NO4. The molecule has 0 aromatic rings. The van der Waals surface area contributed by atoms with Crippen molar-refractivity contribution in [3.05, 3.63) is 0 Å². The second-order valence-corrected chi connectivity index (χ2v) is 4.01. The van der Waals surface area contributed by atoms with Gasteiger partial charge in [0.25, 0.3) is 0 Å². The highest BCUT2D eigenvalue weighted by Gasteiger charge is 2.21. The van der Waals surface area contributed by atoms with Crippen LogP contribution in [0.3, 0.4) is 0 Å². The molecule has 0 aromatic heterocycles. The summed E-state index contributed by atoms with van der Waals surface area (Å²) in [7, 11) is 0. The Morgan fingerprint density at radius 2 is 1.93 bits per heavy atom. The molecule has 1 unspecified atom stereocenters. The standard InChI is InChI=1S/C9H17NO4/c1-6(11)10-7(8(12)13)5-14-9(2,3)4/h7H,5H2,1-4H3,(H,10,11)(H,12,13). The molecule has 0 saturated carbocycles. The quantitative estimate of drug-likeness (QED) is 0.693. The number of hydrogen-bond donors (Lipinski definition) is 2. The molecule has 0 aromatic carbocycles. The summed E-state index contributed by atoms with van der Waals surface area (Å²) >= 11 is 0. The monoisotopic (exact) mass is 203 g/mol. The number of amides is 1. The summed E-state index contributed by atoms with van der Waals surface area (Å²) < 4.78 is 5.26. The number of hydrogen-bond acceptors (Lipinski definition) is 3. The Labute approximate surface area is 83.4 Å². The first-order valence-corrected chi connectivity index (χ1v) is 4.36. The number of carbonyl (C=O) groups excluding carboxylic acids is 1. The average Bonchev–Trinajstić information content (AvgIpc) is 1.94. The number of rotatable bonds is 4. The van der Waals surface area contributed by atoms with Crippen LogP contribution in [-0.2, 0) is 14.3 Å². The summed E-state index contributed by atoms with van der Waals surface area (Å²) in [5, 5.41) is 11.0. The highest BCUT2D eigenvalue weighted by Crippen LogP contribution is 2.07. The number of nitrogens with one attached hydrogen (secondary N) is 1. The molecule has 0 saturated heterocycles. The van der Waals surface area contributed by atoms with Gasteiger partial charge >= 0.3 is 5.97 Å². The maximum absolute atomic E-state index is 10.7. The summed E-state index contributed by atoms with van der Waals surface area (Å²) in [6, 6.07) is -0.980. The summed E-state index contributed by atoms with van der Waals surface area (Å²) in [6.07, 6.45) is 0. The van der Waals surface area contributed by atoms with Gasteiger partial charge in [0.2, 0.25) is 5.91 Å². The van der Waals surface area contributed by atoms with E-state index in [1.807, 2.05) is 20.8 Å². The van der Waals surface area contributed by atoms with Crippen LogP contribution in [0.4, 0.5) is 0 Å². The zero-order valence-electron chi connectivity index (χ0n) is 8.96. The van der Waals surface area contributed by atoms with E-state index in [2.05, 4.69) is 5.32 Å². The van der Waals surface area contributed by atoms with E-state index in [0.717, 1.165) is 0 Å². The molecule has 0 aliphatic heterocycles. The fourth-order valence-electron chi connectivity index (χ4n) is 0.753. The lowest BCUT2D eigenvalue weighted by atomic mass is 10.2. The molecule has 1 amide bonds. The second-order valence-electron chi connectivity index (χ2n) is 4.01. The van der Waals surface area contributed by atoms with Crippen LogP contribution in [0.1, 0.15) is 27.7 Å². The lowest BCUT2D eigenvalue weighted by Gasteiger charge is -2.22. The molecule has 0 aliphatic carbocycles. The first-order chi connectivity index (χ1) is 6.22. The van der Waals surface area contributed by atoms with Gasteiger partial charge < -0.3 is 15.2 Å². The number of ether oxygens (including phenoxy) is 1. The molecule has 14 heavy (non-hydrogen) atoms. The Morgan fingerprint density at radius 1 is 1.43 bits per heavy atom. The Balaban J connectivity index is 4.11. The van der Waals surface area contributed by atoms with Gasteiger partial charge in [-0.05, 0) is 20.8 Å². The van der Waals surface area contributed by atoms with Gasteiger partial charge in [-0.3, -0.25) is 4.79 Å². The number of aliphatic carboxylic acids is 1. The van der Waals surface area contributed by atoms with Crippen LogP contribution in [0.5, 0.6) is 0 Å². The van der Waals surface area contributed by atoms with E-state index in [4.69, 9.17) is 9.84 Å².